The van der Waals surface area contributed by atoms with Crippen molar-refractivity contribution in [2.24, 2.45) is 0 Å². The van der Waals surface area contributed by atoms with E-state index in [9.17, 15) is 4.79 Å². The molecule has 1 aliphatic rings. The van der Waals surface area contributed by atoms with E-state index in [1.807, 2.05) is 6.92 Å². The zero-order chi connectivity index (χ0) is 13.9. The van der Waals surface area contributed by atoms with E-state index in [1.54, 1.807) is 12.1 Å². The van der Waals surface area contributed by atoms with E-state index in [-0.39, 0.29) is 18.0 Å². The van der Waals surface area contributed by atoms with Gasteiger partial charge in [0.25, 0.3) is 5.91 Å². The molecular formula is C13H15N5O2. The Morgan fingerprint density at radius 1 is 1.45 bits per heavy atom. The Hall–Kier alpha value is -2.28. The molecule has 3 rings (SSSR count). The zero-order valence-corrected chi connectivity index (χ0v) is 11.1. The van der Waals surface area contributed by atoms with E-state index in [1.165, 1.54) is 6.20 Å². The van der Waals surface area contributed by atoms with E-state index in [4.69, 9.17) is 4.42 Å². The van der Waals surface area contributed by atoms with Gasteiger partial charge in [-0.05, 0) is 38.4 Å². The number of carbonyl (C=O) groups excluding carboxylic acids is 1. The first kappa shape index (κ1) is 12.7. The summed E-state index contributed by atoms with van der Waals surface area (Å²) in [5.41, 5.74) is 1.31. The van der Waals surface area contributed by atoms with Gasteiger partial charge in [0, 0.05) is 11.9 Å². The summed E-state index contributed by atoms with van der Waals surface area (Å²) in [5, 5.41) is 13.6. The molecule has 1 fully saturated rings. The molecular weight excluding hydrogens is 258 g/mol. The molecule has 0 saturated carbocycles. The number of aryl methyl sites for hydroxylation is 1. The van der Waals surface area contributed by atoms with E-state index in [0.717, 1.165) is 25.1 Å². The number of hydrogen-bond donors (Lipinski definition) is 2. The first-order valence-electron chi connectivity index (χ1n) is 6.53. The van der Waals surface area contributed by atoms with Crippen molar-refractivity contribution in [3.63, 3.8) is 0 Å². The Labute approximate surface area is 115 Å². The van der Waals surface area contributed by atoms with Gasteiger partial charge in [-0.3, -0.25) is 15.1 Å². The summed E-state index contributed by atoms with van der Waals surface area (Å²) < 4.78 is 5.45. The normalized spacial score (nSPS) is 18.1. The third-order valence-electron chi connectivity index (χ3n) is 3.19. The highest BCUT2D eigenvalue weighted by atomic mass is 16.4. The maximum atomic E-state index is 12.0. The van der Waals surface area contributed by atoms with Crippen LogP contribution in [0.2, 0.25) is 0 Å². The second kappa shape index (κ2) is 5.38. The number of anilines is 1. The summed E-state index contributed by atoms with van der Waals surface area (Å²) in [4.78, 5) is 16.0. The zero-order valence-electron chi connectivity index (χ0n) is 11.1. The predicted octanol–water partition coefficient (Wildman–Crippen LogP) is 1.45. The van der Waals surface area contributed by atoms with Crippen molar-refractivity contribution in [3.05, 3.63) is 35.5 Å². The molecule has 2 N–H and O–H groups in total. The molecule has 7 nitrogen and oxygen atoms in total. The number of rotatable bonds is 3. The molecule has 2 aromatic rings. The van der Waals surface area contributed by atoms with Gasteiger partial charge in [0.05, 0.1) is 11.6 Å². The number of aromatic nitrogens is 3. The molecule has 0 radical (unpaired) electrons. The molecule has 1 amide bonds. The Morgan fingerprint density at radius 3 is 3.05 bits per heavy atom. The molecule has 0 spiro atoms. The standard InChI is InChI=1S/C13H15N5O2/c1-8-4-5-9(7-15-8)11(19)16-13-18-17-12(20-13)10-3-2-6-14-10/h4-5,7,10,14H,2-3,6H2,1H3,(H,16,18,19). The van der Waals surface area contributed by atoms with Crippen molar-refractivity contribution in [2.45, 2.75) is 25.8 Å². The molecule has 104 valence electrons. The summed E-state index contributed by atoms with van der Waals surface area (Å²) in [7, 11) is 0. The van der Waals surface area contributed by atoms with Crippen molar-refractivity contribution >= 4 is 11.9 Å². The van der Waals surface area contributed by atoms with Gasteiger partial charge in [-0.15, -0.1) is 5.10 Å². The van der Waals surface area contributed by atoms with Gasteiger partial charge < -0.3 is 9.73 Å². The van der Waals surface area contributed by atoms with Crippen LogP contribution in [-0.4, -0.2) is 27.6 Å². The van der Waals surface area contributed by atoms with Crippen molar-refractivity contribution in [3.8, 4) is 0 Å². The topological polar surface area (TPSA) is 92.9 Å². The average Bonchev–Trinajstić information content (AvgIpc) is 3.09. The largest absolute Gasteiger partial charge is 0.406 e. The molecule has 1 atom stereocenters. The molecule has 2 aromatic heterocycles. The summed E-state index contributed by atoms with van der Waals surface area (Å²) in [5.74, 6) is 0.201. The SMILES string of the molecule is Cc1ccc(C(=O)Nc2nnc(C3CCCN3)o2)cn1. The van der Waals surface area contributed by atoms with Crippen molar-refractivity contribution in [1.29, 1.82) is 0 Å². The maximum Gasteiger partial charge on any atom is 0.322 e. The highest BCUT2D eigenvalue weighted by Crippen LogP contribution is 2.22. The van der Waals surface area contributed by atoms with Gasteiger partial charge in [-0.1, -0.05) is 5.10 Å². The van der Waals surface area contributed by atoms with E-state index in [0.29, 0.717) is 11.5 Å². The Morgan fingerprint density at radius 2 is 2.35 bits per heavy atom. The first-order valence-corrected chi connectivity index (χ1v) is 6.53. The maximum absolute atomic E-state index is 12.0. The van der Waals surface area contributed by atoms with Crippen LogP contribution in [0.5, 0.6) is 0 Å². The molecule has 1 saturated heterocycles. The molecule has 1 aliphatic heterocycles. The Bertz CT molecular complexity index is 601. The Balaban J connectivity index is 1.68. The minimum atomic E-state index is -0.313. The van der Waals surface area contributed by atoms with Crippen LogP contribution in [0.4, 0.5) is 6.01 Å². The van der Waals surface area contributed by atoms with Gasteiger partial charge in [0.15, 0.2) is 0 Å². The molecule has 1 unspecified atom stereocenters. The number of hydrogen-bond acceptors (Lipinski definition) is 6. The minimum Gasteiger partial charge on any atom is -0.406 e. The van der Waals surface area contributed by atoms with Crippen molar-refractivity contribution < 1.29 is 9.21 Å². The van der Waals surface area contributed by atoms with Gasteiger partial charge in [-0.2, -0.15) is 0 Å². The van der Waals surface area contributed by atoms with Crippen LogP contribution >= 0.6 is 0 Å². The van der Waals surface area contributed by atoms with Crippen LogP contribution in [0, 0.1) is 6.92 Å². The molecule has 0 bridgehead atoms. The van der Waals surface area contributed by atoms with Crippen LogP contribution in [0.3, 0.4) is 0 Å². The van der Waals surface area contributed by atoms with Crippen LogP contribution in [0.15, 0.2) is 22.7 Å². The highest BCUT2D eigenvalue weighted by molar-refractivity contribution is 6.02. The van der Waals surface area contributed by atoms with Crippen molar-refractivity contribution in [1.82, 2.24) is 20.5 Å². The molecule has 0 aliphatic carbocycles. The van der Waals surface area contributed by atoms with E-state index < -0.39 is 0 Å². The summed E-state index contributed by atoms with van der Waals surface area (Å²) >= 11 is 0. The second-order valence-corrected chi connectivity index (χ2v) is 4.74. The van der Waals surface area contributed by atoms with Crippen LogP contribution in [-0.2, 0) is 0 Å². The number of pyridine rings is 1. The lowest BCUT2D eigenvalue weighted by Gasteiger charge is -2.03. The summed E-state index contributed by atoms with van der Waals surface area (Å²) in [6.07, 6.45) is 3.57. The number of carbonyl (C=O) groups is 1. The fourth-order valence-electron chi connectivity index (χ4n) is 2.09. The lowest BCUT2D eigenvalue weighted by Crippen LogP contribution is -2.13. The number of nitrogens with zero attached hydrogens (tertiary/aromatic N) is 3. The summed E-state index contributed by atoms with van der Waals surface area (Å²) in [6.45, 7) is 2.81. The van der Waals surface area contributed by atoms with Gasteiger partial charge >= 0.3 is 6.01 Å². The first-order chi connectivity index (χ1) is 9.72. The van der Waals surface area contributed by atoms with Crippen LogP contribution in [0.25, 0.3) is 0 Å². The lowest BCUT2D eigenvalue weighted by molar-refractivity contribution is 0.102. The van der Waals surface area contributed by atoms with Crippen LogP contribution < -0.4 is 10.6 Å². The minimum absolute atomic E-state index is 0.0918. The smallest absolute Gasteiger partial charge is 0.322 e. The predicted molar refractivity (Wildman–Crippen MR) is 71.2 cm³/mol. The third-order valence-corrected chi connectivity index (χ3v) is 3.19. The second-order valence-electron chi connectivity index (χ2n) is 4.74. The fourth-order valence-corrected chi connectivity index (χ4v) is 2.09. The van der Waals surface area contributed by atoms with Crippen molar-refractivity contribution in [2.75, 3.05) is 11.9 Å². The van der Waals surface area contributed by atoms with Gasteiger partial charge in [0.2, 0.25) is 5.89 Å². The van der Waals surface area contributed by atoms with Crippen LogP contribution in [0.1, 0.15) is 40.8 Å². The quantitative estimate of drug-likeness (QED) is 0.879. The van der Waals surface area contributed by atoms with Gasteiger partial charge in [0.1, 0.15) is 0 Å². The fraction of sp³-hybridized carbons (Fsp3) is 0.385. The molecule has 7 heteroatoms. The highest BCUT2D eigenvalue weighted by Gasteiger charge is 2.22. The monoisotopic (exact) mass is 273 g/mol. The van der Waals surface area contributed by atoms with E-state index in [2.05, 4.69) is 25.8 Å². The average molecular weight is 273 g/mol. The third kappa shape index (κ3) is 2.67. The summed E-state index contributed by atoms with van der Waals surface area (Å²) in [6, 6.07) is 3.68. The molecule has 3 heterocycles. The Kier molecular flexibility index (Phi) is 3.42. The van der Waals surface area contributed by atoms with Gasteiger partial charge in [-0.25, -0.2) is 0 Å². The number of nitrogens with one attached hydrogen (secondary N) is 2. The van der Waals surface area contributed by atoms with E-state index >= 15 is 0 Å². The molecule has 0 aromatic carbocycles. The molecule has 20 heavy (non-hydrogen) atoms. The lowest BCUT2D eigenvalue weighted by atomic mass is 10.2. The number of amides is 1.